The van der Waals surface area contributed by atoms with Gasteiger partial charge >= 0.3 is 6.03 Å². The van der Waals surface area contributed by atoms with E-state index in [2.05, 4.69) is 41.3 Å². The minimum absolute atomic E-state index is 0.0125. The average molecular weight is 370 g/mol. The molecule has 3 rings (SSSR count). The van der Waals surface area contributed by atoms with Crippen molar-refractivity contribution in [3.05, 3.63) is 47.0 Å². The molecule has 6 heteroatoms. The Bertz CT molecular complexity index is 752. The van der Waals surface area contributed by atoms with Crippen LogP contribution in [0, 0.1) is 12.8 Å². The van der Waals surface area contributed by atoms with E-state index in [1.165, 1.54) is 5.56 Å². The van der Waals surface area contributed by atoms with E-state index in [9.17, 15) is 4.79 Å². The predicted molar refractivity (Wildman–Crippen MR) is 106 cm³/mol. The average Bonchev–Trinajstić information content (AvgIpc) is 3.01. The van der Waals surface area contributed by atoms with Gasteiger partial charge in [-0.2, -0.15) is 0 Å². The lowest BCUT2D eigenvalue weighted by Gasteiger charge is -2.26. The molecule has 0 fully saturated rings. The highest BCUT2D eigenvalue weighted by Crippen LogP contribution is 2.17. The molecule has 2 heterocycles. The second kappa shape index (κ2) is 8.93. The molecule has 0 aliphatic carbocycles. The molecule has 0 spiro atoms. The fourth-order valence-electron chi connectivity index (χ4n) is 3.20. The topological polar surface area (TPSA) is 70.2 Å². The van der Waals surface area contributed by atoms with E-state index in [1.807, 2.05) is 24.0 Å². The van der Waals surface area contributed by atoms with Gasteiger partial charge in [0.05, 0.1) is 24.5 Å². The van der Waals surface area contributed by atoms with Crippen LogP contribution in [0.15, 0.2) is 24.3 Å². The fraction of sp³-hybridized carbons (Fsp3) is 0.524. The second-order valence-corrected chi connectivity index (χ2v) is 7.58. The summed E-state index contributed by atoms with van der Waals surface area (Å²) >= 11 is 0. The van der Waals surface area contributed by atoms with Crippen molar-refractivity contribution in [1.29, 1.82) is 0 Å². The van der Waals surface area contributed by atoms with Crippen molar-refractivity contribution in [2.45, 2.75) is 46.6 Å². The normalized spacial score (nSPS) is 13.6. The summed E-state index contributed by atoms with van der Waals surface area (Å²) in [7, 11) is 0. The van der Waals surface area contributed by atoms with Gasteiger partial charge in [0.15, 0.2) is 0 Å². The first-order valence-electron chi connectivity index (χ1n) is 9.80. The molecule has 0 unspecified atom stereocenters. The van der Waals surface area contributed by atoms with E-state index in [-0.39, 0.29) is 6.03 Å². The quantitative estimate of drug-likeness (QED) is 0.784. The van der Waals surface area contributed by atoms with Crippen LogP contribution in [-0.4, -0.2) is 40.6 Å². The van der Waals surface area contributed by atoms with Crippen LogP contribution in [0.4, 0.5) is 4.79 Å². The van der Waals surface area contributed by atoms with Gasteiger partial charge in [0.1, 0.15) is 11.6 Å². The predicted octanol–water partition coefficient (Wildman–Crippen LogP) is 3.45. The van der Waals surface area contributed by atoms with Crippen LogP contribution in [-0.2, 0) is 19.4 Å². The number of amides is 2. The minimum Gasteiger partial charge on any atom is -0.494 e. The molecule has 0 saturated heterocycles. The number of urea groups is 1. The van der Waals surface area contributed by atoms with Gasteiger partial charge < -0.3 is 19.9 Å². The standard InChI is InChI=1S/C21H30N4O2/c1-15(2)10-13-27-18-6-4-17(5-7-18)8-11-22-21(26)25-12-9-19-20(14-25)24-16(3)23-19/h4-7,15H,8-14H2,1-3H3,(H,22,26)(H,23,24). The van der Waals surface area contributed by atoms with Crippen molar-refractivity contribution in [2.75, 3.05) is 19.7 Å². The molecule has 2 aromatic rings. The first kappa shape index (κ1) is 19.3. The highest BCUT2D eigenvalue weighted by atomic mass is 16.5. The molecule has 0 saturated carbocycles. The number of carbonyl (C=O) groups excluding carboxylic acids is 1. The summed E-state index contributed by atoms with van der Waals surface area (Å²) in [4.78, 5) is 21.9. The van der Waals surface area contributed by atoms with Crippen molar-refractivity contribution >= 4 is 6.03 Å². The van der Waals surface area contributed by atoms with E-state index in [0.717, 1.165) is 48.8 Å². The van der Waals surface area contributed by atoms with Crippen molar-refractivity contribution < 1.29 is 9.53 Å². The lowest BCUT2D eigenvalue weighted by atomic mass is 10.1. The molecule has 6 nitrogen and oxygen atoms in total. The molecule has 0 radical (unpaired) electrons. The smallest absolute Gasteiger partial charge is 0.317 e. The van der Waals surface area contributed by atoms with Gasteiger partial charge in [-0.15, -0.1) is 0 Å². The number of hydrogen-bond donors (Lipinski definition) is 2. The van der Waals surface area contributed by atoms with Crippen molar-refractivity contribution in [2.24, 2.45) is 5.92 Å². The Morgan fingerprint density at radius 3 is 2.85 bits per heavy atom. The van der Waals surface area contributed by atoms with Gasteiger partial charge in [0.2, 0.25) is 0 Å². The third-order valence-electron chi connectivity index (χ3n) is 4.81. The number of H-pyrrole nitrogens is 1. The fourth-order valence-corrected chi connectivity index (χ4v) is 3.20. The number of fused-ring (bicyclic) bond motifs is 1. The van der Waals surface area contributed by atoms with Crippen molar-refractivity contribution in [1.82, 2.24) is 20.2 Å². The van der Waals surface area contributed by atoms with E-state index in [1.54, 1.807) is 0 Å². The lowest BCUT2D eigenvalue weighted by Crippen LogP contribution is -2.43. The molecule has 146 valence electrons. The maximum atomic E-state index is 12.4. The molecule has 2 N–H and O–H groups in total. The van der Waals surface area contributed by atoms with Crippen LogP contribution in [0.2, 0.25) is 0 Å². The van der Waals surface area contributed by atoms with Crippen LogP contribution in [0.1, 0.15) is 43.0 Å². The van der Waals surface area contributed by atoms with Gasteiger partial charge in [0, 0.05) is 19.5 Å². The summed E-state index contributed by atoms with van der Waals surface area (Å²) in [6, 6.07) is 8.13. The largest absolute Gasteiger partial charge is 0.494 e. The summed E-state index contributed by atoms with van der Waals surface area (Å²) in [6.07, 6.45) is 2.68. The monoisotopic (exact) mass is 370 g/mol. The number of nitrogens with zero attached hydrogens (tertiary/aromatic N) is 2. The molecular formula is C21H30N4O2. The van der Waals surface area contributed by atoms with E-state index in [0.29, 0.717) is 25.6 Å². The molecular weight excluding hydrogens is 340 g/mol. The minimum atomic E-state index is -0.0125. The van der Waals surface area contributed by atoms with Gasteiger partial charge in [-0.25, -0.2) is 9.78 Å². The highest BCUT2D eigenvalue weighted by molar-refractivity contribution is 5.74. The van der Waals surface area contributed by atoms with Crippen LogP contribution >= 0.6 is 0 Å². The van der Waals surface area contributed by atoms with E-state index >= 15 is 0 Å². The summed E-state index contributed by atoms with van der Waals surface area (Å²) in [6.45, 7) is 9.02. The highest BCUT2D eigenvalue weighted by Gasteiger charge is 2.22. The van der Waals surface area contributed by atoms with E-state index < -0.39 is 0 Å². The summed E-state index contributed by atoms with van der Waals surface area (Å²) in [5.74, 6) is 2.47. The summed E-state index contributed by atoms with van der Waals surface area (Å²) in [5.41, 5.74) is 3.34. The summed E-state index contributed by atoms with van der Waals surface area (Å²) in [5, 5.41) is 3.02. The number of hydrogen-bond acceptors (Lipinski definition) is 3. The zero-order valence-electron chi connectivity index (χ0n) is 16.5. The Balaban J connectivity index is 1.40. The number of ether oxygens (including phenoxy) is 1. The van der Waals surface area contributed by atoms with Crippen LogP contribution in [0.5, 0.6) is 5.75 Å². The number of benzene rings is 1. The maximum Gasteiger partial charge on any atom is 0.317 e. The number of aromatic amines is 1. The molecule has 0 bridgehead atoms. The van der Waals surface area contributed by atoms with Crippen LogP contribution in [0.25, 0.3) is 0 Å². The molecule has 0 atom stereocenters. The first-order chi connectivity index (χ1) is 13.0. The number of aromatic nitrogens is 2. The number of rotatable bonds is 7. The van der Waals surface area contributed by atoms with Crippen molar-refractivity contribution in [3.63, 3.8) is 0 Å². The number of carbonyl (C=O) groups is 1. The third-order valence-corrected chi connectivity index (χ3v) is 4.81. The third kappa shape index (κ3) is 5.49. The first-order valence-corrected chi connectivity index (χ1v) is 9.80. The molecule has 1 aromatic heterocycles. The van der Waals surface area contributed by atoms with Gasteiger partial charge in [-0.05, 0) is 43.4 Å². The molecule has 2 amide bonds. The second-order valence-electron chi connectivity index (χ2n) is 7.58. The van der Waals surface area contributed by atoms with Crippen LogP contribution < -0.4 is 10.1 Å². The van der Waals surface area contributed by atoms with Crippen molar-refractivity contribution in [3.8, 4) is 5.75 Å². The zero-order chi connectivity index (χ0) is 19.2. The molecule has 1 aliphatic rings. The van der Waals surface area contributed by atoms with E-state index in [4.69, 9.17) is 4.74 Å². The SMILES string of the molecule is Cc1nc2c([nH]1)CN(C(=O)NCCc1ccc(OCCC(C)C)cc1)CC2. The lowest BCUT2D eigenvalue weighted by molar-refractivity contribution is 0.191. The zero-order valence-corrected chi connectivity index (χ0v) is 16.5. The Morgan fingerprint density at radius 2 is 2.11 bits per heavy atom. The molecule has 1 aromatic carbocycles. The van der Waals surface area contributed by atoms with Gasteiger partial charge in [-0.3, -0.25) is 0 Å². The number of imidazole rings is 1. The van der Waals surface area contributed by atoms with Crippen LogP contribution in [0.3, 0.4) is 0 Å². The number of aryl methyl sites for hydroxylation is 1. The Labute approximate surface area is 161 Å². The Morgan fingerprint density at radius 1 is 1.33 bits per heavy atom. The number of nitrogens with one attached hydrogen (secondary N) is 2. The van der Waals surface area contributed by atoms with Gasteiger partial charge in [0.25, 0.3) is 0 Å². The summed E-state index contributed by atoms with van der Waals surface area (Å²) < 4.78 is 5.74. The maximum absolute atomic E-state index is 12.4. The Hall–Kier alpha value is -2.50. The Kier molecular flexibility index (Phi) is 6.37. The van der Waals surface area contributed by atoms with Gasteiger partial charge in [-0.1, -0.05) is 26.0 Å². The molecule has 1 aliphatic heterocycles. The molecule has 27 heavy (non-hydrogen) atoms.